The van der Waals surface area contributed by atoms with Crippen molar-refractivity contribution in [2.75, 3.05) is 13.2 Å². The van der Waals surface area contributed by atoms with Crippen molar-refractivity contribution in [1.29, 1.82) is 0 Å². The molecule has 1 aromatic carbocycles. The maximum absolute atomic E-state index is 13.2. The summed E-state index contributed by atoms with van der Waals surface area (Å²) in [5.74, 6) is 0.326. The van der Waals surface area contributed by atoms with Crippen molar-refractivity contribution in [3.63, 3.8) is 0 Å². The molecule has 0 spiro atoms. The molecule has 150 valence electrons. The van der Waals surface area contributed by atoms with Gasteiger partial charge in [0.15, 0.2) is 0 Å². The van der Waals surface area contributed by atoms with Crippen LogP contribution in [0.15, 0.2) is 12.1 Å². The predicted molar refractivity (Wildman–Crippen MR) is 109 cm³/mol. The molecular weight excluding hydrogens is 347 g/mol. The van der Waals surface area contributed by atoms with E-state index in [1.165, 1.54) is 0 Å². The number of rotatable bonds is 8. The fourth-order valence-electron chi connectivity index (χ4n) is 2.74. The summed E-state index contributed by atoms with van der Waals surface area (Å²) in [6.45, 7) is 17.2. The van der Waals surface area contributed by atoms with Crippen LogP contribution >= 0.6 is 7.60 Å². The topological polar surface area (TPSA) is 55.8 Å². The Balaban J connectivity index is 3.39. The van der Waals surface area contributed by atoms with Gasteiger partial charge in [-0.1, -0.05) is 67.5 Å². The fraction of sp³-hybridized carbons (Fsp3) is 0.714. The molecule has 0 amide bonds. The molecule has 0 saturated heterocycles. The van der Waals surface area contributed by atoms with Gasteiger partial charge in [-0.3, -0.25) is 4.57 Å². The maximum Gasteiger partial charge on any atom is 0.335 e. The van der Waals surface area contributed by atoms with Gasteiger partial charge >= 0.3 is 7.60 Å². The standard InChI is InChI=1S/C21H37O4P/c1-9-11-24-26(23,25-12-10-2)15-16-13-17(20(3,4)5)19(22)18(14-16)21(6,7)8/h13-14,22H,9-12,15H2,1-8H3. The first-order chi connectivity index (χ1) is 11.8. The summed E-state index contributed by atoms with van der Waals surface area (Å²) in [7, 11) is -3.22. The second-order valence-corrected chi connectivity index (χ2v) is 11.0. The van der Waals surface area contributed by atoms with Crippen molar-refractivity contribution in [2.24, 2.45) is 0 Å². The van der Waals surface area contributed by atoms with Crippen LogP contribution in [0, 0.1) is 0 Å². The summed E-state index contributed by atoms with van der Waals surface area (Å²) in [5, 5.41) is 10.8. The van der Waals surface area contributed by atoms with E-state index in [-0.39, 0.29) is 17.0 Å². The molecule has 4 nitrogen and oxygen atoms in total. The Morgan fingerprint density at radius 1 is 0.885 bits per heavy atom. The lowest BCUT2D eigenvalue weighted by molar-refractivity contribution is 0.203. The van der Waals surface area contributed by atoms with Crippen LogP contribution in [0.5, 0.6) is 5.75 Å². The maximum atomic E-state index is 13.2. The van der Waals surface area contributed by atoms with Gasteiger partial charge in [0.1, 0.15) is 5.75 Å². The van der Waals surface area contributed by atoms with Crippen molar-refractivity contribution < 1.29 is 18.7 Å². The quantitative estimate of drug-likeness (QED) is 0.517. The lowest BCUT2D eigenvalue weighted by atomic mass is 9.78. The molecule has 0 aromatic heterocycles. The average molecular weight is 384 g/mol. The highest BCUT2D eigenvalue weighted by molar-refractivity contribution is 7.53. The Morgan fingerprint density at radius 2 is 1.27 bits per heavy atom. The van der Waals surface area contributed by atoms with Gasteiger partial charge < -0.3 is 14.2 Å². The molecule has 0 fully saturated rings. The normalized spacial score (nSPS) is 13.2. The number of phenolic OH excluding ortho intramolecular Hbond substituents is 1. The monoisotopic (exact) mass is 384 g/mol. The summed E-state index contributed by atoms with van der Waals surface area (Å²) >= 11 is 0. The molecule has 26 heavy (non-hydrogen) atoms. The molecule has 5 heteroatoms. The van der Waals surface area contributed by atoms with E-state index in [9.17, 15) is 9.67 Å². The van der Waals surface area contributed by atoms with Crippen molar-refractivity contribution in [3.8, 4) is 5.75 Å². The van der Waals surface area contributed by atoms with Crippen molar-refractivity contribution in [3.05, 3.63) is 28.8 Å². The molecule has 0 bridgehead atoms. The minimum atomic E-state index is -3.22. The summed E-state index contributed by atoms with van der Waals surface area (Å²) < 4.78 is 24.5. The first kappa shape index (κ1) is 23.2. The Hall–Kier alpha value is -0.830. The molecule has 0 heterocycles. The number of benzene rings is 1. The summed E-state index contributed by atoms with van der Waals surface area (Å²) in [5.41, 5.74) is 2.15. The van der Waals surface area contributed by atoms with Crippen LogP contribution in [-0.4, -0.2) is 18.3 Å². The molecule has 1 N–H and O–H groups in total. The van der Waals surface area contributed by atoms with Crippen LogP contribution in [0.1, 0.15) is 84.9 Å². The highest BCUT2D eigenvalue weighted by Crippen LogP contribution is 2.53. The van der Waals surface area contributed by atoms with Gasteiger partial charge in [-0.25, -0.2) is 0 Å². The SMILES string of the molecule is CCCOP(=O)(Cc1cc(C(C)(C)C)c(O)c(C(C)(C)C)c1)OCCC. The van der Waals surface area contributed by atoms with Crippen LogP contribution in [0.2, 0.25) is 0 Å². The van der Waals surface area contributed by atoms with E-state index in [0.717, 1.165) is 29.5 Å². The Morgan fingerprint density at radius 3 is 1.58 bits per heavy atom. The van der Waals surface area contributed by atoms with Crippen LogP contribution in [0.25, 0.3) is 0 Å². The third-order valence-corrected chi connectivity index (χ3v) is 6.05. The van der Waals surface area contributed by atoms with Crippen molar-refractivity contribution in [1.82, 2.24) is 0 Å². The zero-order chi connectivity index (χ0) is 20.2. The molecule has 1 aromatic rings. The van der Waals surface area contributed by atoms with Gasteiger partial charge in [0, 0.05) is 0 Å². The molecule has 0 radical (unpaired) electrons. The lowest BCUT2D eigenvalue weighted by Gasteiger charge is -2.29. The smallest absolute Gasteiger partial charge is 0.335 e. The van der Waals surface area contributed by atoms with Crippen molar-refractivity contribution >= 4 is 7.60 Å². The van der Waals surface area contributed by atoms with E-state index in [2.05, 4.69) is 41.5 Å². The van der Waals surface area contributed by atoms with Crippen LogP contribution in [-0.2, 0) is 30.6 Å². The summed E-state index contributed by atoms with van der Waals surface area (Å²) in [4.78, 5) is 0. The van der Waals surface area contributed by atoms with E-state index in [1.807, 2.05) is 26.0 Å². The van der Waals surface area contributed by atoms with Crippen LogP contribution < -0.4 is 0 Å². The summed E-state index contributed by atoms with van der Waals surface area (Å²) in [6, 6.07) is 3.89. The minimum Gasteiger partial charge on any atom is -0.507 e. The molecule has 0 aliphatic carbocycles. The van der Waals surface area contributed by atoms with E-state index >= 15 is 0 Å². The van der Waals surface area contributed by atoms with Gasteiger partial charge in [-0.05, 0) is 40.4 Å². The second-order valence-electron chi connectivity index (χ2n) is 8.98. The highest BCUT2D eigenvalue weighted by atomic mass is 31.2. The van der Waals surface area contributed by atoms with E-state index in [0.29, 0.717) is 19.0 Å². The van der Waals surface area contributed by atoms with Crippen LogP contribution in [0.3, 0.4) is 0 Å². The summed E-state index contributed by atoms with van der Waals surface area (Å²) in [6.07, 6.45) is 1.80. The molecule has 0 aliphatic heterocycles. The van der Waals surface area contributed by atoms with E-state index in [1.54, 1.807) is 0 Å². The minimum absolute atomic E-state index is 0.222. The third kappa shape index (κ3) is 6.40. The second kappa shape index (κ2) is 8.91. The Kier molecular flexibility index (Phi) is 7.95. The van der Waals surface area contributed by atoms with Crippen molar-refractivity contribution in [2.45, 2.75) is 85.2 Å². The predicted octanol–water partition coefficient (Wildman–Crippen LogP) is 6.53. The van der Waals surface area contributed by atoms with E-state index in [4.69, 9.17) is 9.05 Å². The van der Waals surface area contributed by atoms with Gasteiger partial charge in [-0.15, -0.1) is 0 Å². The first-order valence-electron chi connectivity index (χ1n) is 9.59. The number of aromatic hydroxyl groups is 1. The average Bonchev–Trinajstić information content (AvgIpc) is 2.50. The lowest BCUT2D eigenvalue weighted by Crippen LogP contribution is -2.18. The van der Waals surface area contributed by atoms with Gasteiger partial charge in [0.2, 0.25) is 0 Å². The van der Waals surface area contributed by atoms with Gasteiger partial charge in [-0.2, -0.15) is 0 Å². The first-order valence-corrected chi connectivity index (χ1v) is 11.3. The van der Waals surface area contributed by atoms with E-state index < -0.39 is 7.60 Å². The Labute approximate surface area is 159 Å². The number of hydrogen-bond donors (Lipinski definition) is 1. The molecule has 0 aliphatic rings. The molecule has 0 saturated carbocycles. The molecular formula is C21H37O4P. The fourth-order valence-corrected chi connectivity index (χ4v) is 4.55. The third-order valence-electron chi connectivity index (χ3n) is 4.15. The highest BCUT2D eigenvalue weighted by Gasteiger charge is 2.30. The number of phenols is 1. The number of hydrogen-bond acceptors (Lipinski definition) is 4. The zero-order valence-electron chi connectivity index (χ0n) is 17.8. The molecule has 0 atom stereocenters. The van der Waals surface area contributed by atoms with Gasteiger partial charge in [0.25, 0.3) is 0 Å². The Bertz CT molecular complexity index is 591. The largest absolute Gasteiger partial charge is 0.507 e. The van der Waals surface area contributed by atoms with Gasteiger partial charge in [0.05, 0.1) is 19.4 Å². The molecule has 0 unspecified atom stereocenters. The molecule has 1 rings (SSSR count). The van der Waals surface area contributed by atoms with Crippen LogP contribution in [0.4, 0.5) is 0 Å². The zero-order valence-corrected chi connectivity index (χ0v) is 18.7.